The molecule has 2 aromatic carbocycles. The van der Waals surface area contributed by atoms with E-state index in [-0.39, 0.29) is 5.97 Å². The molecule has 1 aliphatic heterocycles. The van der Waals surface area contributed by atoms with Crippen LogP contribution in [0, 0.1) is 16.7 Å². The van der Waals surface area contributed by atoms with Gasteiger partial charge in [-0.3, -0.25) is 0 Å². The van der Waals surface area contributed by atoms with E-state index >= 15 is 0 Å². The zero-order chi connectivity index (χ0) is 16.3. The number of hydrogen-bond donors (Lipinski definition) is 1. The van der Waals surface area contributed by atoms with Crippen molar-refractivity contribution in [3.8, 4) is 6.07 Å². The van der Waals surface area contributed by atoms with E-state index in [1.165, 1.54) is 7.11 Å². The van der Waals surface area contributed by atoms with Gasteiger partial charge in [-0.25, -0.2) is 4.79 Å². The Kier molecular flexibility index (Phi) is 4.03. The average molecular weight is 306 g/mol. The number of fused-ring (bicyclic) bond motifs is 1. The summed E-state index contributed by atoms with van der Waals surface area (Å²) in [6.45, 7) is 0.565. The third-order valence-corrected chi connectivity index (χ3v) is 4.30. The predicted octanol–water partition coefficient (Wildman–Crippen LogP) is 3.19. The summed E-state index contributed by atoms with van der Waals surface area (Å²) < 4.78 is 4.75. The Balaban J connectivity index is 1.86. The van der Waals surface area contributed by atoms with Crippen LogP contribution in [0.4, 0.5) is 5.69 Å². The molecule has 0 radical (unpaired) electrons. The molecule has 0 saturated carbocycles. The second-order valence-electron chi connectivity index (χ2n) is 5.95. The van der Waals surface area contributed by atoms with Crippen LogP contribution < -0.4 is 5.32 Å². The Hall–Kier alpha value is -2.80. The van der Waals surface area contributed by atoms with Crippen molar-refractivity contribution in [2.75, 3.05) is 19.0 Å². The van der Waals surface area contributed by atoms with E-state index in [1.807, 2.05) is 24.3 Å². The second kappa shape index (κ2) is 6.13. The first-order chi connectivity index (χ1) is 11.2. The molecule has 116 valence electrons. The molecule has 1 aliphatic rings. The van der Waals surface area contributed by atoms with E-state index in [2.05, 4.69) is 23.5 Å². The van der Waals surface area contributed by atoms with Gasteiger partial charge in [-0.15, -0.1) is 0 Å². The summed E-state index contributed by atoms with van der Waals surface area (Å²) in [5.74, 6) is -0.351. The summed E-state index contributed by atoms with van der Waals surface area (Å²) in [6, 6.07) is 18.0. The molecule has 1 heterocycles. The van der Waals surface area contributed by atoms with Crippen LogP contribution in [-0.2, 0) is 17.6 Å². The smallest absolute Gasteiger partial charge is 0.337 e. The minimum atomic E-state index is -0.471. The summed E-state index contributed by atoms with van der Waals surface area (Å²) >= 11 is 0. The van der Waals surface area contributed by atoms with E-state index in [0.717, 1.165) is 16.8 Å². The fourth-order valence-electron chi connectivity index (χ4n) is 3.06. The number of nitrogens with one attached hydrogen (secondary N) is 1. The van der Waals surface area contributed by atoms with E-state index in [0.29, 0.717) is 24.9 Å². The molecule has 3 rings (SSSR count). The predicted molar refractivity (Wildman–Crippen MR) is 88.2 cm³/mol. The lowest BCUT2D eigenvalue weighted by atomic mass is 9.75. The van der Waals surface area contributed by atoms with Crippen LogP contribution in [0.5, 0.6) is 0 Å². The molecule has 0 unspecified atom stereocenters. The van der Waals surface area contributed by atoms with Crippen molar-refractivity contribution in [1.29, 1.82) is 5.26 Å². The van der Waals surface area contributed by atoms with Crippen LogP contribution in [0.1, 0.15) is 21.5 Å². The van der Waals surface area contributed by atoms with Crippen molar-refractivity contribution in [3.05, 3.63) is 65.2 Å². The molecule has 0 aliphatic carbocycles. The molecule has 0 amide bonds. The van der Waals surface area contributed by atoms with Gasteiger partial charge in [-0.05, 0) is 36.1 Å². The molecule has 0 aromatic heterocycles. The molecule has 4 nitrogen and oxygen atoms in total. The summed E-state index contributed by atoms with van der Waals surface area (Å²) in [6.07, 6.45) is 1.37. The van der Waals surface area contributed by atoms with Gasteiger partial charge in [-0.2, -0.15) is 5.26 Å². The molecule has 2 aromatic rings. The molecule has 0 spiro atoms. The topological polar surface area (TPSA) is 62.1 Å². The number of carbonyl (C=O) groups is 1. The van der Waals surface area contributed by atoms with Crippen molar-refractivity contribution in [2.45, 2.75) is 12.8 Å². The highest BCUT2D eigenvalue weighted by molar-refractivity contribution is 5.90. The van der Waals surface area contributed by atoms with Gasteiger partial charge in [0.2, 0.25) is 0 Å². The average Bonchev–Trinajstić information content (AvgIpc) is 2.61. The third kappa shape index (κ3) is 3.04. The Morgan fingerprint density at radius 1 is 1.30 bits per heavy atom. The summed E-state index contributed by atoms with van der Waals surface area (Å²) in [7, 11) is 1.37. The molecule has 23 heavy (non-hydrogen) atoms. The maximum absolute atomic E-state index is 11.6. The van der Waals surface area contributed by atoms with Crippen LogP contribution in [-0.4, -0.2) is 19.6 Å². The molecule has 0 bridgehead atoms. The fraction of sp³-hybridized carbons (Fsp3) is 0.263. The minimum Gasteiger partial charge on any atom is -0.465 e. The number of carbonyl (C=O) groups excluding carboxylic acids is 1. The van der Waals surface area contributed by atoms with Gasteiger partial charge in [-0.1, -0.05) is 36.4 Å². The van der Waals surface area contributed by atoms with Gasteiger partial charge >= 0.3 is 5.97 Å². The molecular formula is C19H18N2O2. The summed E-state index contributed by atoms with van der Waals surface area (Å²) in [5, 5.41) is 13.1. The summed E-state index contributed by atoms with van der Waals surface area (Å²) in [5.41, 5.74) is 3.17. The highest BCUT2D eigenvalue weighted by Gasteiger charge is 2.35. The Morgan fingerprint density at radius 2 is 2.09 bits per heavy atom. The molecule has 0 fully saturated rings. The summed E-state index contributed by atoms with van der Waals surface area (Å²) in [4.78, 5) is 11.6. The molecule has 1 N–H and O–H groups in total. The Bertz CT molecular complexity index is 765. The van der Waals surface area contributed by atoms with E-state index < -0.39 is 5.41 Å². The zero-order valence-corrected chi connectivity index (χ0v) is 13.0. The number of hydrogen-bond acceptors (Lipinski definition) is 4. The number of benzene rings is 2. The number of anilines is 1. The van der Waals surface area contributed by atoms with Crippen molar-refractivity contribution >= 4 is 11.7 Å². The standard InChI is InChI=1S/C19H18N2O2/c1-23-18(22)15-7-8-16-11-19(12-20,13-21-17(16)9-15)10-14-5-3-2-4-6-14/h2-9,21H,10-11,13H2,1H3/t19-/m1/s1. The molecule has 0 saturated heterocycles. The lowest BCUT2D eigenvalue weighted by molar-refractivity contribution is 0.0601. The Morgan fingerprint density at radius 3 is 2.78 bits per heavy atom. The Labute approximate surface area is 135 Å². The third-order valence-electron chi connectivity index (χ3n) is 4.30. The number of methoxy groups -OCH3 is 1. The van der Waals surface area contributed by atoms with E-state index in [9.17, 15) is 10.1 Å². The number of nitriles is 1. The first-order valence-electron chi connectivity index (χ1n) is 7.56. The normalized spacial score (nSPS) is 19.1. The second-order valence-corrected chi connectivity index (χ2v) is 5.95. The molecule has 4 heteroatoms. The van der Waals surface area contributed by atoms with Gasteiger partial charge in [0.15, 0.2) is 0 Å². The van der Waals surface area contributed by atoms with Crippen LogP contribution in [0.15, 0.2) is 48.5 Å². The molecule has 1 atom stereocenters. The van der Waals surface area contributed by atoms with Crippen LogP contribution in [0.2, 0.25) is 0 Å². The highest BCUT2D eigenvalue weighted by Crippen LogP contribution is 2.35. The van der Waals surface area contributed by atoms with Crippen molar-refractivity contribution < 1.29 is 9.53 Å². The van der Waals surface area contributed by atoms with Crippen LogP contribution in [0.3, 0.4) is 0 Å². The lowest BCUT2D eigenvalue weighted by Gasteiger charge is -2.33. The van der Waals surface area contributed by atoms with Crippen molar-refractivity contribution in [1.82, 2.24) is 0 Å². The number of ether oxygens (including phenoxy) is 1. The van der Waals surface area contributed by atoms with Gasteiger partial charge < -0.3 is 10.1 Å². The number of rotatable bonds is 3. The maximum atomic E-state index is 11.6. The minimum absolute atomic E-state index is 0.351. The fourth-order valence-corrected chi connectivity index (χ4v) is 3.06. The SMILES string of the molecule is COC(=O)c1ccc2c(c1)NC[C@](C#N)(Cc1ccccc1)C2. The number of esters is 1. The van der Waals surface area contributed by atoms with Crippen molar-refractivity contribution in [2.24, 2.45) is 5.41 Å². The van der Waals surface area contributed by atoms with Crippen molar-refractivity contribution in [3.63, 3.8) is 0 Å². The largest absolute Gasteiger partial charge is 0.465 e. The van der Waals surface area contributed by atoms with Crippen LogP contribution in [0.25, 0.3) is 0 Å². The van der Waals surface area contributed by atoms with E-state index in [1.54, 1.807) is 12.1 Å². The van der Waals surface area contributed by atoms with Gasteiger partial charge in [0.25, 0.3) is 0 Å². The van der Waals surface area contributed by atoms with Gasteiger partial charge in [0.05, 0.1) is 24.2 Å². The van der Waals surface area contributed by atoms with E-state index in [4.69, 9.17) is 4.74 Å². The highest BCUT2D eigenvalue weighted by atomic mass is 16.5. The van der Waals surface area contributed by atoms with Crippen LogP contribution >= 0.6 is 0 Å². The monoisotopic (exact) mass is 306 g/mol. The van der Waals surface area contributed by atoms with Gasteiger partial charge in [0.1, 0.15) is 0 Å². The molecular weight excluding hydrogens is 288 g/mol. The first kappa shape index (κ1) is 15.1. The zero-order valence-electron chi connectivity index (χ0n) is 13.0. The number of nitrogens with zero attached hydrogens (tertiary/aromatic N) is 1. The quantitative estimate of drug-likeness (QED) is 0.885. The van der Waals surface area contributed by atoms with Gasteiger partial charge in [0, 0.05) is 12.2 Å². The lowest BCUT2D eigenvalue weighted by Crippen LogP contribution is -2.37. The maximum Gasteiger partial charge on any atom is 0.337 e. The first-order valence-corrected chi connectivity index (χ1v) is 7.56.